The van der Waals surface area contributed by atoms with Gasteiger partial charge in [-0.25, -0.2) is 4.39 Å². The number of ketones is 1. The molecule has 1 aromatic carbocycles. The number of benzene rings is 1. The van der Waals surface area contributed by atoms with Crippen molar-refractivity contribution in [2.75, 3.05) is 13.7 Å². The molecule has 1 rings (SSSR count). The number of allylic oxidation sites excluding steroid dienone is 1. The van der Waals surface area contributed by atoms with Crippen LogP contribution >= 0.6 is 0 Å². The van der Waals surface area contributed by atoms with E-state index in [9.17, 15) is 23.6 Å². The Morgan fingerprint density at radius 1 is 0.756 bits per heavy atom. The molecule has 0 spiro atoms. The van der Waals surface area contributed by atoms with E-state index in [0.717, 1.165) is 25.7 Å². The lowest BCUT2D eigenvalue weighted by Gasteiger charge is -2.21. The van der Waals surface area contributed by atoms with E-state index in [-0.39, 0.29) is 43.9 Å². The molecule has 0 amide bonds. The van der Waals surface area contributed by atoms with Crippen LogP contribution in [0.2, 0.25) is 0 Å². The van der Waals surface area contributed by atoms with E-state index in [1.54, 1.807) is 6.92 Å². The van der Waals surface area contributed by atoms with Crippen molar-refractivity contribution >= 4 is 23.7 Å². The van der Waals surface area contributed by atoms with Crippen LogP contribution in [0.25, 0.3) is 0 Å². The van der Waals surface area contributed by atoms with Gasteiger partial charge >= 0.3 is 17.9 Å². The Labute approximate surface area is 268 Å². The Kier molecular flexibility index (Phi) is 21.2. The minimum Gasteiger partial charge on any atom is -0.491 e. The van der Waals surface area contributed by atoms with Gasteiger partial charge in [0.1, 0.15) is 48.4 Å². The zero-order valence-corrected chi connectivity index (χ0v) is 27.7. The number of unbranched alkanes of at least 4 members (excludes halogenated alkanes) is 5. The van der Waals surface area contributed by atoms with Crippen LogP contribution in [0, 0.1) is 5.82 Å². The average molecular weight is 637 g/mol. The zero-order chi connectivity index (χ0) is 33.5. The Morgan fingerprint density at radius 2 is 1.38 bits per heavy atom. The third-order valence-electron chi connectivity index (χ3n) is 6.94. The summed E-state index contributed by atoms with van der Waals surface area (Å²) in [6, 6.07) is 5.48. The molecule has 1 aromatic rings. The lowest BCUT2D eigenvalue weighted by atomic mass is 10.1. The summed E-state index contributed by atoms with van der Waals surface area (Å²) in [6.07, 6.45) is 9.18. The van der Waals surface area contributed by atoms with Crippen LogP contribution in [-0.4, -0.2) is 61.8 Å². The molecular weight excluding hydrogens is 583 g/mol. The van der Waals surface area contributed by atoms with Gasteiger partial charge in [0.2, 0.25) is 0 Å². The second-order valence-electron chi connectivity index (χ2n) is 11.4. The molecule has 0 fully saturated rings. The molecule has 0 saturated carbocycles. The highest BCUT2D eigenvalue weighted by Crippen LogP contribution is 2.17. The monoisotopic (exact) mass is 636 g/mol. The number of hydrogen-bond donors (Lipinski definition) is 0. The summed E-state index contributed by atoms with van der Waals surface area (Å²) in [5.41, 5.74) is 0. The van der Waals surface area contributed by atoms with Crippen LogP contribution in [0.15, 0.2) is 36.4 Å². The van der Waals surface area contributed by atoms with Crippen molar-refractivity contribution in [2.45, 2.75) is 136 Å². The summed E-state index contributed by atoms with van der Waals surface area (Å²) < 4.78 is 40.5. The van der Waals surface area contributed by atoms with Crippen molar-refractivity contribution < 1.29 is 47.3 Å². The summed E-state index contributed by atoms with van der Waals surface area (Å²) in [6.45, 7) is 7.25. The van der Waals surface area contributed by atoms with Gasteiger partial charge in [-0.05, 0) is 57.4 Å². The molecule has 0 saturated heterocycles. The van der Waals surface area contributed by atoms with Crippen molar-refractivity contribution in [1.29, 1.82) is 0 Å². The van der Waals surface area contributed by atoms with Gasteiger partial charge in [-0.3, -0.25) is 19.2 Å². The van der Waals surface area contributed by atoms with Gasteiger partial charge in [-0.1, -0.05) is 58.1 Å². The maximum atomic E-state index is 13.1. The molecule has 0 bridgehead atoms. The van der Waals surface area contributed by atoms with E-state index in [0.29, 0.717) is 18.6 Å². The van der Waals surface area contributed by atoms with Gasteiger partial charge < -0.3 is 23.7 Å². The molecule has 254 valence electrons. The van der Waals surface area contributed by atoms with Crippen LogP contribution in [0.5, 0.6) is 5.75 Å². The first-order valence-corrected chi connectivity index (χ1v) is 16.2. The third-order valence-corrected chi connectivity index (χ3v) is 6.94. The first kappa shape index (κ1) is 39.8. The molecule has 0 radical (unpaired) electrons. The molecule has 0 aromatic heterocycles. The van der Waals surface area contributed by atoms with Crippen molar-refractivity contribution in [3.05, 3.63) is 42.2 Å². The maximum absolute atomic E-state index is 13.1. The van der Waals surface area contributed by atoms with E-state index >= 15 is 0 Å². The standard InChI is InChI=1S/C35H53FO9/c1-6-8-10-11-12-13-14-16-30(21-26(3)37)44-35(40)23-31(15-9-7-2)45-33(38)22-27(4)43-34(39)24-32(41-5)25-42-29-19-17-28(36)18-20-29/h13-14,17-20,27,30-32H,6-12,15-16,21-25H2,1-5H3. The van der Waals surface area contributed by atoms with Gasteiger partial charge in [-0.2, -0.15) is 0 Å². The van der Waals surface area contributed by atoms with Gasteiger partial charge in [0.05, 0.1) is 19.3 Å². The van der Waals surface area contributed by atoms with E-state index < -0.39 is 42.3 Å². The van der Waals surface area contributed by atoms with Gasteiger partial charge in [0.15, 0.2) is 0 Å². The van der Waals surface area contributed by atoms with Crippen molar-refractivity contribution in [2.24, 2.45) is 0 Å². The number of Topliss-reactive ketones (excluding diaryl/α,β-unsaturated/α-hetero) is 1. The number of carbonyl (C=O) groups excluding carboxylic acids is 4. The second-order valence-corrected chi connectivity index (χ2v) is 11.4. The molecule has 4 atom stereocenters. The molecule has 9 nitrogen and oxygen atoms in total. The molecule has 0 aliphatic rings. The number of rotatable bonds is 25. The number of esters is 3. The Bertz CT molecular complexity index is 1020. The SMILES string of the molecule is CCCCCCC=CCC(CC(C)=O)OC(=O)CC(CCCC)OC(=O)CC(C)OC(=O)CC(COc1ccc(F)cc1)OC. The smallest absolute Gasteiger partial charge is 0.309 e. The summed E-state index contributed by atoms with van der Waals surface area (Å²) in [7, 11) is 1.43. The largest absolute Gasteiger partial charge is 0.491 e. The molecule has 0 heterocycles. The fraction of sp³-hybridized carbons (Fsp3) is 0.657. The topological polar surface area (TPSA) is 114 Å². The quantitative estimate of drug-likeness (QED) is 0.0474. The first-order chi connectivity index (χ1) is 21.6. The third kappa shape index (κ3) is 20.4. The number of hydrogen-bond acceptors (Lipinski definition) is 9. The lowest BCUT2D eigenvalue weighted by molar-refractivity contribution is -0.161. The van der Waals surface area contributed by atoms with Crippen molar-refractivity contribution in [1.82, 2.24) is 0 Å². The van der Waals surface area contributed by atoms with E-state index in [1.807, 2.05) is 13.0 Å². The number of carbonyl (C=O) groups is 4. The highest BCUT2D eigenvalue weighted by Gasteiger charge is 2.24. The summed E-state index contributed by atoms with van der Waals surface area (Å²) in [4.78, 5) is 49.7. The molecule has 0 N–H and O–H groups in total. The van der Waals surface area contributed by atoms with Crippen LogP contribution < -0.4 is 4.74 Å². The Hall–Kier alpha value is -3.27. The van der Waals surface area contributed by atoms with Gasteiger partial charge in [0.25, 0.3) is 0 Å². The summed E-state index contributed by atoms with van der Waals surface area (Å²) in [5, 5.41) is 0. The minimum atomic E-state index is -0.770. The second kappa shape index (κ2) is 24.0. The molecule has 45 heavy (non-hydrogen) atoms. The van der Waals surface area contributed by atoms with Gasteiger partial charge in [0, 0.05) is 20.0 Å². The maximum Gasteiger partial charge on any atom is 0.309 e. The highest BCUT2D eigenvalue weighted by atomic mass is 19.1. The van der Waals surface area contributed by atoms with Crippen LogP contribution in [0.4, 0.5) is 4.39 Å². The van der Waals surface area contributed by atoms with Gasteiger partial charge in [-0.15, -0.1) is 0 Å². The number of methoxy groups -OCH3 is 1. The molecule has 0 aliphatic carbocycles. The fourth-order valence-electron chi connectivity index (χ4n) is 4.50. The number of halogens is 1. The van der Waals surface area contributed by atoms with Crippen LogP contribution in [0.1, 0.15) is 111 Å². The fourth-order valence-corrected chi connectivity index (χ4v) is 4.50. The number of ether oxygens (including phenoxy) is 5. The average Bonchev–Trinajstić information content (AvgIpc) is 2.97. The predicted octanol–water partition coefficient (Wildman–Crippen LogP) is 7.23. The first-order valence-electron chi connectivity index (χ1n) is 16.2. The van der Waals surface area contributed by atoms with E-state index in [2.05, 4.69) is 13.0 Å². The Morgan fingerprint density at radius 3 is 2.02 bits per heavy atom. The molecule has 4 unspecified atom stereocenters. The normalized spacial score (nSPS) is 13.9. The molecule has 10 heteroatoms. The summed E-state index contributed by atoms with van der Waals surface area (Å²) in [5.74, 6) is -1.73. The van der Waals surface area contributed by atoms with Crippen molar-refractivity contribution in [3.63, 3.8) is 0 Å². The zero-order valence-electron chi connectivity index (χ0n) is 27.7. The Balaban J connectivity index is 2.57. The molecule has 0 aliphatic heterocycles. The van der Waals surface area contributed by atoms with E-state index in [1.165, 1.54) is 57.6 Å². The van der Waals surface area contributed by atoms with Crippen molar-refractivity contribution in [3.8, 4) is 5.75 Å². The van der Waals surface area contributed by atoms with E-state index in [4.69, 9.17) is 23.7 Å². The summed E-state index contributed by atoms with van der Waals surface area (Å²) >= 11 is 0. The van der Waals surface area contributed by atoms with Crippen LogP contribution in [0.3, 0.4) is 0 Å². The highest BCUT2D eigenvalue weighted by molar-refractivity contribution is 5.77. The van der Waals surface area contributed by atoms with Crippen LogP contribution in [-0.2, 0) is 38.1 Å². The molecular formula is C35H53FO9. The predicted molar refractivity (Wildman–Crippen MR) is 169 cm³/mol. The minimum absolute atomic E-state index is 0.0471. The lowest BCUT2D eigenvalue weighted by Crippen LogP contribution is -2.29.